The third-order valence-corrected chi connectivity index (χ3v) is 4.51. The second kappa shape index (κ2) is 7.99. The van der Waals surface area contributed by atoms with Gasteiger partial charge in [0.2, 0.25) is 5.91 Å². The molecule has 0 aliphatic rings. The van der Waals surface area contributed by atoms with Crippen LogP contribution in [0, 0.1) is 5.82 Å². The first-order chi connectivity index (χ1) is 10.7. The van der Waals surface area contributed by atoms with Crippen molar-refractivity contribution in [2.75, 3.05) is 11.1 Å². The first-order valence-electron chi connectivity index (χ1n) is 7.43. The summed E-state index contributed by atoms with van der Waals surface area (Å²) in [7, 11) is 0. The summed E-state index contributed by atoms with van der Waals surface area (Å²) < 4.78 is 13.6. The van der Waals surface area contributed by atoms with Crippen molar-refractivity contribution in [2.45, 2.75) is 31.6 Å². The summed E-state index contributed by atoms with van der Waals surface area (Å²) >= 11 is 1.21. The number of nitrogens with one attached hydrogen (secondary N) is 1. The van der Waals surface area contributed by atoms with Gasteiger partial charge in [-0.15, -0.1) is 11.8 Å². The quantitative estimate of drug-likeness (QED) is 0.784. The highest BCUT2D eigenvalue weighted by atomic mass is 32.2. The molecule has 0 heterocycles. The van der Waals surface area contributed by atoms with Crippen molar-refractivity contribution in [1.82, 2.24) is 0 Å². The third-order valence-electron chi connectivity index (χ3n) is 3.46. The standard InChI is InChI=1S/C18H20FNOS/c1-3-13-8-7-9-14(4-2)18(13)20-17(21)12-22-16-11-6-5-10-15(16)19/h5-11H,3-4,12H2,1-2H3,(H,20,21). The van der Waals surface area contributed by atoms with Gasteiger partial charge in [-0.1, -0.05) is 44.2 Å². The molecule has 0 aliphatic carbocycles. The topological polar surface area (TPSA) is 29.1 Å². The Kier molecular flexibility index (Phi) is 6.01. The molecule has 0 saturated heterocycles. The molecule has 1 amide bonds. The number of hydrogen-bond acceptors (Lipinski definition) is 2. The van der Waals surface area contributed by atoms with E-state index >= 15 is 0 Å². The molecule has 1 N–H and O–H groups in total. The van der Waals surface area contributed by atoms with Gasteiger partial charge in [-0.25, -0.2) is 4.39 Å². The number of thioether (sulfide) groups is 1. The Hall–Kier alpha value is -1.81. The van der Waals surface area contributed by atoms with Gasteiger partial charge in [0.05, 0.1) is 5.75 Å². The molecule has 2 nitrogen and oxygen atoms in total. The lowest BCUT2D eigenvalue weighted by Gasteiger charge is -2.14. The molecule has 0 radical (unpaired) electrons. The minimum Gasteiger partial charge on any atom is -0.325 e. The van der Waals surface area contributed by atoms with Crippen molar-refractivity contribution in [1.29, 1.82) is 0 Å². The molecule has 0 atom stereocenters. The van der Waals surface area contributed by atoms with Crippen LogP contribution in [0.15, 0.2) is 47.4 Å². The van der Waals surface area contributed by atoms with E-state index in [2.05, 4.69) is 19.2 Å². The van der Waals surface area contributed by atoms with Gasteiger partial charge < -0.3 is 5.32 Å². The van der Waals surface area contributed by atoms with Crippen molar-refractivity contribution < 1.29 is 9.18 Å². The molecule has 0 saturated carbocycles. The van der Waals surface area contributed by atoms with Crippen molar-refractivity contribution in [3.63, 3.8) is 0 Å². The number of carbonyl (C=O) groups is 1. The molecular formula is C18H20FNOS. The van der Waals surface area contributed by atoms with E-state index in [0.717, 1.165) is 29.7 Å². The Bertz CT molecular complexity index is 635. The summed E-state index contributed by atoms with van der Waals surface area (Å²) in [5.74, 6) is -0.199. The minimum atomic E-state index is -0.288. The van der Waals surface area contributed by atoms with Crippen LogP contribution in [0.25, 0.3) is 0 Å². The normalized spacial score (nSPS) is 10.5. The highest BCUT2D eigenvalue weighted by Crippen LogP contribution is 2.24. The molecule has 0 aliphatic heterocycles. The van der Waals surface area contributed by atoms with Crippen molar-refractivity contribution in [2.24, 2.45) is 0 Å². The highest BCUT2D eigenvalue weighted by Gasteiger charge is 2.11. The molecule has 2 rings (SSSR count). The molecule has 0 aromatic heterocycles. The fraction of sp³-hybridized carbons (Fsp3) is 0.278. The lowest BCUT2D eigenvalue weighted by atomic mass is 10.0. The SMILES string of the molecule is CCc1cccc(CC)c1NC(=O)CSc1ccccc1F. The van der Waals surface area contributed by atoms with Gasteiger partial charge >= 0.3 is 0 Å². The number of carbonyl (C=O) groups excluding carboxylic acids is 1. The van der Waals surface area contributed by atoms with Gasteiger partial charge in [-0.3, -0.25) is 4.79 Å². The zero-order chi connectivity index (χ0) is 15.9. The van der Waals surface area contributed by atoms with Crippen LogP contribution in [0.4, 0.5) is 10.1 Å². The number of halogens is 1. The lowest BCUT2D eigenvalue weighted by molar-refractivity contribution is -0.113. The van der Waals surface area contributed by atoms with Gasteiger partial charge in [0.15, 0.2) is 0 Å². The maximum absolute atomic E-state index is 13.6. The number of aryl methyl sites for hydroxylation is 2. The fourth-order valence-corrected chi connectivity index (χ4v) is 3.02. The van der Waals surface area contributed by atoms with Crippen LogP contribution in [0.5, 0.6) is 0 Å². The summed E-state index contributed by atoms with van der Waals surface area (Å²) in [4.78, 5) is 12.7. The summed E-state index contributed by atoms with van der Waals surface area (Å²) in [6.45, 7) is 4.14. The van der Waals surface area contributed by atoms with Gasteiger partial charge in [0.25, 0.3) is 0 Å². The van der Waals surface area contributed by atoms with Gasteiger partial charge in [-0.2, -0.15) is 0 Å². The maximum Gasteiger partial charge on any atom is 0.234 e. The molecule has 0 fully saturated rings. The number of hydrogen-bond donors (Lipinski definition) is 1. The third kappa shape index (κ3) is 4.10. The molecule has 0 spiro atoms. The molecule has 0 unspecified atom stereocenters. The van der Waals surface area contributed by atoms with Crippen LogP contribution in [0.2, 0.25) is 0 Å². The number of anilines is 1. The van der Waals surface area contributed by atoms with E-state index in [1.807, 2.05) is 18.2 Å². The molecule has 2 aromatic rings. The van der Waals surface area contributed by atoms with E-state index in [1.165, 1.54) is 17.8 Å². The molecule has 2 aromatic carbocycles. The van der Waals surface area contributed by atoms with E-state index in [9.17, 15) is 9.18 Å². The van der Waals surface area contributed by atoms with Crippen molar-refractivity contribution in [3.05, 3.63) is 59.4 Å². The zero-order valence-corrected chi connectivity index (χ0v) is 13.7. The Labute approximate surface area is 135 Å². The van der Waals surface area contributed by atoms with Crippen LogP contribution >= 0.6 is 11.8 Å². The van der Waals surface area contributed by atoms with Crippen LogP contribution in [0.1, 0.15) is 25.0 Å². The number of benzene rings is 2. The fourth-order valence-electron chi connectivity index (χ4n) is 2.28. The van der Waals surface area contributed by atoms with Crippen LogP contribution in [0.3, 0.4) is 0 Å². The summed E-state index contributed by atoms with van der Waals surface area (Å²) in [5.41, 5.74) is 3.17. The zero-order valence-electron chi connectivity index (χ0n) is 12.9. The molecule has 4 heteroatoms. The van der Waals surface area contributed by atoms with Crippen LogP contribution < -0.4 is 5.32 Å². The van der Waals surface area contributed by atoms with Gasteiger partial charge in [-0.05, 0) is 36.1 Å². The van der Waals surface area contributed by atoms with E-state index in [1.54, 1.807) is 18.2 Å². The summed E-state index contributed by atoms with van der Waals surface area (Å²) in [6.07, 6.45) is 1.73. The molecular weight excluding hydrogens is 297 g/mol. The van der Waals surface area contributed by atoms with Crippen LogP contribution in [-0.2, 0) is 17.6 Å². The Morgan fingerprint density at radius 2 is 1.68 bits per heavy atom. The van der Waals surface area contributed by atoms with Crippen LogP contribution in [-0.4, -0.2) is 11.7 Å². The molecule has 22 heavy (non-hydrogen) atoms. The molecule has 116 valence electrons. The van der Waals surface area contributed by atoms with Crippen molar-refractivity contribution >= 4 is 23.4 Å². The number of amides is 1. The van der Waals surface area contributed by atoms with Gasteiger partial charge in [0, 0.05) is 10.6 Å². The average Bonchev–Trinajstić information content (AvgIpc) is 2.54. The predicted octanol–water partition coefficient (Wildman–Crippen LogP) is 4.68. The molecule has 0 bridgehead atoms. The number of rotatable bonds is 6. The van der Waals surface area contributed by atoms with Crippen molar-refractivity contribution in [3.8, 4) is 0 Å². The van der Waals surface area contributed by atoms with E-state index in [0.29, 0.717) is 4.90 Å². The van der Waals surface area contributed by atoms with E-state index < -0.39 is 0 Å². The second-order valence-electron chi connectivity index (χ2n) is 4.93. The highest BCUT2D eigenvalue weighted by molar-refractivity contribution is 8.00. The van der Waals surface area contributed by atoms with E-state index in [4.69, 9.17) is 0 Å². The second-order valence-corrected chi connectivity index (χ2v) is 5.94. The maximum atomic E-state index is 13.6. The summed E-state index contributed by atoms with van der Waals surface area (Å²) in [5, 5.41) is 2.99. The Balaban J connectivity index is 2.05. The minimum absolute atomic E-state index is 0.108. The van der Waals surface area contributed by atoms with Gasteiger partial charge in [0.1, 0.15) is 5.82 Å². The largest absolute Gasteiger partial charge is 0.325 e. The smallest absolute Gasteiger partial charge is 0.234 e. The summed E-state index contributed by atoms with van der Waals surface area (Å²) in [6, 6.07) is 12.6. The Morgan fingerprint density at radius 3 is 2.27 bits per heavy atom. The van der Waals surface area contributed by atoms with E-state index in [-0.39, 0.29) is 17.5 Å². The Morgan fingerprint density at radius 1 is 1.05 bits per heavy atom. The monoisotopic (exact) mass is 317 g/mol. The lowest BCUT2D eigenvalue weighted by Crippen LogP contribution is -2.16. The first-order valence-corrected chi connectivity index (χ1v) is 8.42. The number of para-hydroxylation sites is 1. The average molecular weight is 317 g/mol. The first kappa shape index (κ1) is 16.6. The predicted molar refractivity (Wildman–Crippen MR) is 91.0 cm³/mol.